The van der Waals surface area contributed by atoms with Crippen LogP contribution in [-0.4, -0.2) is 70.4 Å². The molecule has 4 rings (SSSR count). The number of amides is 1. The van der Waals surface area contributed by atoms with Crippen LogP contribution in [0.3, 0.4) is 0 Å². The van der Waals surface area contributed by atoms with Crippen LogP contribution in [0, 0.1) is 0 Å². The normalized spacial score (nSPS) is 14.9. The Labute approximate surface area is 240 Å². The van der Waals surface area contributed by atoms with Crippen molar-refractivity contribution < 1.29 is 35.7 Å². The van der Waals surface area contributed by atoms with Gasteiger partial charge in [-0.25, -0.2) is 16.8 Å². The van der Waals surface area contributed by atoms with Crippen LogP contribution in [0.25, 0.3) is 0 Å². The summed E-state index contributed by atoms with van der Waals surface area (Å²) in [5, 5.41) is 3.01. The van der Waals surface area contributed by atoms with Crippen LogP contribution in [0.15, 0.2) is 70.5 Å². The van der Waals surface area contributed by atoms with Gasteiger partial charge in [0.15, 0.2) is 11.5 Å². The summed E-state index contributed by atoms with van der Waals surface area (Å²) >= 11 is 4.85. The molecule has 1 fully saturated rings. The van der Waals surface area contributed by atoms with Gasteiger partial charge in [0.1, 0.15) is 11.5 Å². The second-order valence-corrected chi connectivity index (χ2v) is 14.3. The van der Waals surface area contributed by atoms with E-state index in [1.54, 1.807) is 0 Å². The third kappa shape index (κ3) is 6.65. The van der Waals surface area contributed by atoms with Crippen LogP contribution in [0.5, 0.6) is 11.5 Å². The monoisotopic (exact) mass is 627 g/mol. The minimum atomic E-state index is -4.12. The predicted octanol–water partition coefficient (Wildman–Crippen LogP) is 3.16. The molecule has 0 saturated carbocycles. The van der Waals surface area contributed by atoms with Gasteiger partial charge in [-0.1, -0.05) is 22.8 Å². The Balaban J connectivity index is 1.60. The van der Waals surface area contributed by atoms with Crippen molar-refractivity contribution >= 4 is 60.1 Å². The van der Waals surface area contributed by atoms with Gasteiger partial charge in [-0.3, -0.25) is 9.52 Å². The summed E-state index contributed by atoms with van der Waals surface area (Å²) in [5.41, 5.74) is 0.116. The van der Waals surface area contributed by atoms with E-state index in [-0.39, 0.29) is 62.8 Å². The molecule has 2 N–H and O–H groups in total. The lowest BCUT2D eigenvalue weighted by Gasteiger charge is -2.27. The summed E-state index contributed by atoms with van der Waals surface area (Å²) < 4.78 is 77.8. The van der Waals surface area contributed by atoms with E-state index < -0.39 is 37.1 Å². The predicted molar refractivity (Wildman–Crippen MR) is 153 cm³/mol. The van der Waals surface area contributed by atoms with Crippen LogP contribution in [0.4, 0.5) is 11.4 Å². The molecule has 0 bridgehead atoms. The summed E-state index contributed by atoms with van der Waals surface area (Å²) in [4.78, 5) is 13.3. The minimum absolute atomic E-state index is 0.0284. The quantitative estimate of drug-likeness (QED) is 0.343. The van der Waals surface area contributed by atoms with Gasteiger partial charge >= 0.3 is 0 Å². The number of hydrogen-bond donors (Lipinski definition) is 2. The van der Waals surface area contributed by atoms with Crippen molar-refractivity contribution in [1.82, 2.24) is 4.31 Å². The molecule has 11 nitrogen and oxygen atoms in total. The van der Waals surface area contributed by atoms with Gasteiger partial charge in [0.05, 0.1) is 48.4 Å². The Kier molecular flexibility index (Phi) is 9.17. The summed E-state index contributed by atoms with van der Waals surface area (Å²) in [6.45, 7) is 0.336. The molecule has 0 aliphatic carbocycles. The zero-order valence-corrected chi connectivity index (χ0v) is 24.6. The highest BCUT2D eigenvalue weighted by Gasteiger charge is 2.30. The number of nitrogens with one attached hydrogen (secondary N) is 2. The number of rotatable bonds is 9. The van der Waals surface area contributed by atoms with Crippen molar-refractivity contribution in [3.63, 3.8) is 0 Å². The molecule has 214 valence electrons. The first-order valence-corrected chi connectivity index (χ1v) is 16.5. The van der Waals surface area contributed by atoms with Gasteiger partial charge in [-0.2, -0.15) is 4.31 Å². The topological polar surface area (TPSA) is 154 Å². The third-order valence-electron chi connectivity index (χ3n) is 6.02. The van der Waals surface area contributed by atoms with Gasteiger partial charge in [0, 0.05) is 16.8 Å². The number of nitrogens with zero attached hydrogens (tertiary/aromatic N) is 1. The SMILES string of the molecule is COc1cc(NS(=O)(=O)c2ccc(Cl)cc2)c(C(=O)Nc2ccc(S(=O)(=O)N3CC[S+]([O-])CC3)cc2)cc1OC. The van der Waals surface area contributed by atoms with Gasteiger partial charge in [0.2, 0.25) is 10.0 Å². The molecule has 1 aliphatic heterocycles. The standard InChI is InChI=1S/C25H26ClN3O8S3/c1-36-23-15-21(22(16-24(23)37-2)28-39(32,33)19-7-3-17(26)4-8-19)25(30)27-18-5-9-20(10-6-18)40(34,35)29-11-13-38(31)14-12-29/h3-10,15-16,28H,11-14H2,1-2H3,(H,27,30). The average molecular weight is 628 g/mol. The van der Waals surface area contributed by atoms with E-state index >= 15 is 0 Å². The number of carbonyl (C=O) groups is 1. The molecular formula is C25H26ClN3O8S3. The molecule has 1 heterocycles. The van der Waals surface area contributed by atoms with Crippen molar-refractivity contribution in [2.75, 3.05) is 48.9 Å². The first-order valence-electron chi connectivity index (χ1n) is 11.8. The molecule has 0 atom stereocenters. The van der Waals surface area contributed by atoms with Crippen molar-refractivity contribution in [2.24, 2.45) is 0 Å². The van der Waals surface area contributed by atoms with E-state index in [2.05, 4.69) is 10.0 Å². The molecule has 0 aromatic heterocycles. The number of ether oxygens (including phenoxy) is 2. The number of hydrogen-bond acceptors (Lipinski definition) is 8. The fourth-order valence-electron chi connectivity index (χ4n) is 3.89. The van der Waals surface area contributed by atoms with E-state index in [0.717, 1.165) is 0 Å². The van der Waals surface area contributed by atoms with Crippen molar-refractivity contribution in [3.05, 3.63) is 71.2 Å². The fourth-order valence-corrected chi connectivity index (χ4v) is 7.81. The molecule has 0 radical (unpaired) electrons. The lowest BCUT2D eigenvalue weighted by Crippen LogP contribution is -2.43. The number of benzene rings is 3. The highest BCUT2D eigenvalue weighted by atomic mass is 35.5. The van der Waals surface area contributed by atoms with Gasteiger partial charge in [-0.15, -0.1) is 0 Å². The second-order valence-electron chi connectivity index (χ2n) is 8.54. The van der Waals surface area contributed by atoms with E-state index in [9.17, 15) is 26.2 Å². The van der Waals surface area contributed by atoms with Crippen molar-refractivity contribution in [3.8, 4) is 11.5 Å². The third-order valence-corrected chi connectivity index (χ3v) is 10.8. The van der Waals surface area contributed by atoms with Crippen LogP contribution >= 0.6 is 11.6 Å². The second kappa shape index (κ2) is 12.2. The number of halogens is 1. The van der Waals surface area contributed by atoms with E-state index in [1.165, 1.54) is 79.2 Å². The van der Waals surface area contributed by atoms with E-state index in [4.69, 9.17) is 21.1 Å². The van der Waals surface area contributed by atoms with Gasteiger partial charge < -0.3 is 19.3 Å². The van der Waals surface area contributed by atoms with Crippen LogP contribution in [-0.2, 0) is 31.2 Å². The molecule has 1 saturated heterocycles. The van der Waals surface area contributed by atoms with Crippen LogP contribution in [0.2, 0.25) is 5.02 Å². The number of methoxy groups -OCH3 is 2. The van der Waals surface area contributed by atoms with Crippen molar-refractivity contribution in [1.29, 1.82) is 0 Å². The fraction of sp³-hybridized carbons (Fsp3) is 0.240. The Morgan fingerprint density at radius 1 is 0.900 bits per heavy atom. The van der Waals surface area contributed by atoms with Crippen LogP contribution < -0.4 is 19.5 Å². The average Bonchev–Trinajstić information content (AvgIpc) is 2.93. The lowest BCUT2D eigenvalue weighted by atomic mass is 10.1. The molecule has 40 heavy (non-hydrogen) atoms. The minimum Gasteiger partial charge on any atom is -0.616 e. The maximum absolute atomic E-state index is 13.3. The number of sulfonamides is 2. The molecule has 3 aromatic carbocycles. The highest BCUT2D eigenvalue weighted by Crippen LogP contribution is 2.35. The van der Waals surface area contributed by atoms with Crippen LogP contribution in [0.1, 0.15) is 10.4 Å². The molecule has 15 heteroatoms. The molecular weight excluding hydrogens is 602 g/mol. The Morgan fingerprint density at radius 3 is 2.02 bits per heavy atom. The maximum Gasteiger partial charge on any atom is 0.261 e. The maximum atomic E-state index is 13.3. The Bertz CT molecular complexity index is 1590. The Morgan fingerprint density at radius 2 is 1.45 bits per heavy atom. The number of carbonyl (C=O) groups excluding carboxylic acids is 1. The van der Waals surface area contributed by atoms with Gasteiger partial charge in [0.25, 0.3) is 15.9 Å². The highest BCUT2D eigenvalue weighted by molar-refractivity contribution is 7.93. The first-order chi connectivity index (χ1) is 18.9. The largest absolute Gasteiger partial charge is 0.616 e. The summed E-state index contributed by atoms with van der Waals surface area (Å²) in [7, 11) is -5.16. The summed E-state index contributed by atoms with van der Waals surface area (Å²) in [5.74, 6) is 0.241. The number of anilines is 2. The molecule has 1 aliphatic rings. The van der Waals surface area contributed by atoms with Crippen molar-refractivity contribution in [2.45, 2.75) is 9.79 Å². The Hall–Kier alpha value is -3.01. The zero-order valence-electron chi connectivity index (χ0n) is 21.4. The van der Waals surface area contributed by atoms with Gasteiger partial charge in [-0.05, 0) is 54.6 Å². The molecule has 1 amide bonds. The first kappa shape index (κ1) is 30.0. The molecule has 0 spiro atoms. The summed E-state index contributed by atoms with van der Waals surface area (Å²) in [6.07, 6.45) is 0. The smallest absolute Gasteiger partial charge is 0.261 e. The summed E-state index contributed by atoms with van der Waals surface area (Å²) in [6, 6.07) is 13.7. The zero-order chi connectivity index (χ0) is 29.1. The van der Waals surface area contributed by atoms with E-state index in [1.807, 2.05) is 0 Å². The molecule has 3 aromatic rings. The van der Waals surface area contributed by atoms with E-state index in [0.29, 0.717) is 5.02 Å². The molecule has 0 unspecified atom stereocenters. The lowest BCUT2D eigenvalue weighted by molar-refractivity contribution is 0.102.